The highest BCUT2D eigenvalue weighted by Gasteiger charge is 2.25. The third kappa shape index (κ3) is 6.38. The van der Waals surface area contributed by atoms with Gasteiger partial charge in [-0.05, 0) is 44.1 Å². The molecule has 3 rings (SSSR count). The number of methoxy groups -OCH3 is 1. The number of likely N-dealkylation sites (tertiary alicyclic amines) is 1. The van der Waals surface area contributed by atoms with E-state index in [1.165, 1.54) is 31.5 Å². The Morgan fingerprint density at radius 3 is 2.62 bits per heavy atom. The average Bonchev–Trinajstić information content (AvgIpc) is 2.79. The van der Waals surface area contributed by atoms with Gasteiger partial charge in [-0.2, -0.15) is 0 Å². The minimum absolute atomic E-state index is 0.0741. The number of nitrogens with one attached hydrogen (secondary N) is 2. The fourth-order valence-corrected chi connectivity index (χ4v) is 3.59. The number of aromatic nitrogens is 1. The molecule has 1 aromatic carbocycles. The molecule has 0 spiro atoms. The van der Waals surface area contributed by atoms with Crippen LogP contribution < -0.4 is 15.4 Å². The fraction of sp³-hybridized carbons (Fsp3) is 0.381. The second-order valence-electron chi connectivity index (χ2n) is 7.41. The van der Waals surface area contributed by atoms with Crippen molar-refractivity contribution >= 4 is 40.6 Å². The quantitative estimate of drug-likeness (QED) is 0.456. The fourth-order valence-electron chi connectivity index (χ4n) is 3.48. The number of anilines is 2. The summed E-state index contributed by atoms with van der Waals surface area (Å²) in [5, 5.41) is 17.0. The molecule has 0 unspecified atom stereocenters. The first-order valence-corrected chi connectivity index (χ1v) is 10.5. The lowest BCUT2D eigenvalue weighted by atomic mass is 9.96. The zero-order valence-electron chi connectivity index (χ0n) is 17.5. The highest BCUT2D eigenvalue weighted by atomic mass is 35.5. The van der Waals surface area contributed by atoms with Gasteiger partial charge < -0.3 is 20.3 Å². The summed E-state index contributed by atoms with van der Waals surface area (Å²) in [6, 6.07) is 7.36. The second-order valence-corrected chi connectivity index (χ2v) is 7.84. The average molecular weight is 462 g/mol. The summed E-state index contributed by atoms with van der Waals surface area (Å²) in [6.45, 7) is 1.91. The van der Waals surface area contributed by atoms with Crippen LogP contribution in [-0.2, 0) is 9.59 Å². The van der Waals surface area contributed by atoms with E-state index in [4.69, 9.17) is 16.3 Å². The van der Waals surface area contributed by atoms with Crippen molar-refractivity contribution in [2.24, 2.45) is 5.92 Å². The number of piperidine rings is 1. The van der Waals surface area contributed by atoms with Crippen molar-refractivity contribution in [1.82, 2.24) is 9.88 Å². The molecular weight excluding hydrogens is 438 g/mol. The third-order valence-electron chi connectivity index (χ3n) is 5.26. The van der Waals surface area contributed by atoms with Crippen molar-refractivity contribution in [1.29, 1.82) is 0 Å². The van der Waals surface area contributed by atoms with Gasteiger partial charge in [0, 0.05) is 37.2 Å². The zero-order chi connectivity index (χ0) is 23.1. The van der Waals surface area contributed by atoms with Gasteiger partial charge >= 0.3 is 0 Å². The molecule has 0 aliphatic carbocycles. The molecule has 0 bridgehead atoms. The third-order valence-corrected chi connectivity index (χ3v) is 5.48. The van der Waals surface area contributed by atoms with Gasteiger partial charge in [-0.3, -0.25) is 19.7 Å². The number of nitro benzene ring substituents is 1. The van der Waals surface area contributed by atoms with E-state index in [0.29, 0.717) is 49.1 Å². The standard InChI is InChI=1S/C21H24ClN5O5/c1-32-18-4-3-16(27(30)31)12-17(18)24-20(28)8-11-26-9-6-14(7-10-26)21(29)25-19-5-2-15(22)13-23-19/h2-5,12-14H,6-11H2,1H3,(H,24,28)(H,23,25,29). The van der Waals surface area contributed by atoms with Gasteiger partial charge in [0.05, 0.1) is 22.7 Å². The van der Waals surface area contributed by atoms with E-state index in [1.54, 1.807) is 12.1 Å². The number of carbonyl (C=O) groups excluding carboxylic acids is 2. The lowest BCUT2D eigenvalue weighted by Crippen LogP contribution is -2.39. The van der Waals surface area contributed by atoms with E-state index in [0.717, 1.165) is 0 Å². The van der Waals surface area contributed by atoms with Crippen molar-refractivity contribution < 1.29 is 19.2 Å². The van der Waals surface area contributed by atoms with Crippen molar-refractivity contribution in [2.45, 2.75) is 19.3 Å². The number of non-ortho nitro benzene ring substituents is 1. The van der Waals surface area contributed by atoms with Crippen molar-refractivity contribution in [3.63, 3.8) is 0 Å². The summed E-state index contributed by atoms with van der Waals surface area (Å²) in [5.74, 6) is 0.361. The SMILES string of the molecule is COc1ccc([N+](=O)[O-])cc1NC(=O)CCN1CCC(C(=O)Nc2ccc(Cl)cn2)CC1. The number of hydrogen-bond donors (Lipinski definition) is 2. The summed E-state index contributed by atoms with van der Waals surface area (Å²) in [4.78, 5) is 41.4. The van der Waals surface area contributed by atoms with Gasteiger partial charge in [0.15, 0.2) is 0 Å². The summed E-state index contributed by atoms with van der Waals surface area (Å²) >= 11 is 5.80. The molecule has 0 atom stereocenters. The highest BCUT2D eigenvalue weighted by Crippen LogP contribution is 2.29. The molecule has 1 saturated heterocycles. The monoisotopic (exact) mass is 461 g/mol. The molecule has 2 heterocycles. The van der Waals surface area contributed by atoms with Crippen LogP contribution >= 0.6 is 11.6 Å². The molecule has 0 radical (unpaired) electrons. The van der Waals surface area contributed by atoms with Crippen LogP contribution in [0.4, 0.5) is 17.2 Å². The number of halogens is 1. The normalized spacial score (nSPS) is 14.6. The van der Waals surface area contributed by atoms with Crippen molar-refractivity contribution in [3.05, 3.63) is 51.7 Å². The Morgan fingerprint density at radius 1 is 1.25 bits per heavy atom. The van der Waals surface area contributed by atoms with Crippen molar-refractivity contribution in [2.75, 3.05) is 37.4 Å². The summed E-state index contributed by atoms with van der Waals surface area (Å²) < 4.78 is 5.16. The van der Waals surface area contributed by atoms with Crippen LogP contribution in [0.3, 0.4) is 0 Å². The van der Waals surface area contributed by atoms with Gasteiger partial charge in [0.25, 0.3) is 5.69 Å². The first kappa shape index (κ1) is 23.4. The number of nitro groups is 1. The van der Waals surface area contributed by atoms with E-state index in [-0.39, 0.29) is 35.5 Å². The lowest BCUT2D eigenvalue weighted by molar-refractivity contribution is -0.384. The first-order chi connectivity index (χ1) is 15.4. The number of pyridine rings is 1. The molecule has 2 aromatic rings. The van der Waals surface area contributed by atoms with Gasteiger partial charge in [0.1, 0.15) is 11.6 Å². The van der Waals surface area contributed by atoms with Gasteiger partial charge in [-0.1, -0.05) is 11.6 Å². The van der Waals surface area contributed by atoms with Gasteiger partial charge in [-0.15, -0.1) is 0 Å². The topological polar surface area (TPSA) is 127 Å². The van der Waals surface area contributed by atoms with Crippen LogP contribution in [0.5, 0.6) is 5.75 Å². The molecule has 170 valence electrons. The Labute approximate surface area is 190 Å². The number of benzene rings is 1. The summed E-state index contributed by atoms with van der Waals surface area (Å²) in [7, 11) is 1.43. The van der Waals surface area contributed by atoms with E-state index in [1.807, 2.05) is 0 Å². The Bertz CT molecular complexity index is 977. The maximum Gasteiger partial charge on any atom is 0.271 e. The molecule has 1 fully saturated rings. The van der Waals surface area contributed by atoms with Crippen LogP contribution in [0, 0.1) is 16.0 Å². The van der Waals surface area contributed by atoms with Gasteiger partial charge in [0.2, 0.25) is 11.8 Å². The molecule has 0 saturated carbocycles. The van der Waals surface area contributed by atoms with Crippen LogP contribution in [0.2, 0.25) is 5.02 Å². The summed E-state index contributed by atoms with van der Waals surface area (Å²) in [6.07, 6.45) is 3.06. The molecule has 1 aromatic heterocycles. The Hall–Kier alpha value is -3.24. The Kier molecular flexibility index (Phi) is 7.96. The molecular formula is C21H24ClN5O5. The molecule has 2 N–H and O–H groups in total. The number of rotatable bonds is 8. The highest BCUT2D eigenvalue weighted by molar-refractivity contribution is 6.30. The number of ether oxygens (including phenoxy) is 1. The van der Waals surface area contributed by atoms with Gasteiger partial charge in [-0.25, -0.2) is 4.98 Å². The van der Waals surface area contributed by atoms with Crippen LogP contribution in [0.15, 0.2) is 36.5 Å². The largest absolute Gasteiger partial charge is 0.495 e. The molecule has 1 aliphatic rings. The zero-order valence-corrected chi connectivity index (χ0v) is 18.3. The summed E-state index contributed by atoms with van der Waals surface area (Å²) in [5.41, 5.74) is 0.133. The van der Waals surface area contributed by atoms with E-state index in [9.17, 15) is 19.7 Å². The van der Waals surface area contributed by atoms with Crippen LogP contribution in [0.1, 0.15) is 19.3 Å². The molecule has 2 amide bonds. The Balaban J connectivity index is 1.44. The second kappa shape index (κ2) is 10.9. The molecule has 32 heavy (non-hydrogen) atoms. The van der Waals surface area contributed by atoms with E-state index >= 15 is 0 Å². The number of nitrogens with zero attached hydrogens (tertiary/aromatic N) is 3. The van der Waals surface area contributed by atoms with Crippen LogP contribution in [0.25, 0.3) is 0 Å². The molecule has 11 heteroatoms. The number of amides is 2. The predicted octanol–water partition coefficient (Wildman–Crippen LogP) is 3.33. The number of hydrogen-bond acceptors (Lipinski definition) is 7. The minimum Gasteiger partial charge on any atom is -0.495 e. The van der Waals surface area contributed by atoms with Crippen LogP contribution in [-0.4, -0.2) is 53.4 Å². The van der Waals surface area contributed by atoms with Crippen molar-refractivity contribution in [3.8, 4) is 5.75 Å². The maximum atomic E-state index is 12.4. The Morgan fingerprint density at radius 2 is 2.00 bits per heavy atom. The maximum absolute atomic E-state index is 12.4. The van der Waals surface area contributed by atoms with E-state index in [2.05, 4.69) is 20.5 Å². The predicted molar refractivity (Wildman–Crippen MR) is 120 cm³/mol. The molecule has 10 nitrogen and oxygen atoms in total. The minimum atomic E-state index is -0.529. The first-order valence-electron chi connectivity index (χ1n) is 10.1. The smallest absolute Gasteiger partial charge is 0.271 e. The number of carbonyl (C=O) groups is 2. The van der Waals surface area contributed by atoms with E-state index < -0.39 is 4.92 Å². The molecule has 1 aliphatic heterocycles. The lowest BCUT2D eigenvalue weighted by Gasteiger charge is -2.31.